The number of aromatic amines is 1. The summed E-state index contributed by atoms with van der Waals surface area (Å²) < 4.78 is 13.0. The predicted octanol–water partition coefficient (Wildman–Crippen LogP) is 4.26. The minimum atomic E-state index is 0.0404. The highest BCUT2D eigenvalue weighted by Crippen LogP contribution is 2.30. The number of hydrogen-bond donors (Lipinski definition) is 1. The molecule has 3 heterocycles. The van der Waals surface area contributed by atoms with Crippen molar-refractivity contribution in [2.45, 2.75) is 25.6 Å². The molecule has 0 spiro atoms. The Morgan fingerprint density at radius 3 is 2.93 bits per heavy atom. The lowest BCUT2D eigenvalue weighted by molar-refractivity contribution is 0.102. The highest BCUT2D eigenvalue weighted by molar-refractivity contribution is 7.99. The van der Waals surface area contributed by atoms with Crippen LogP contribution < -0.4 is 0 Å². The number of ether oxygens (including phenoxy) is 1. The molecule has 0 amide bonds. The van der Waals surface area contributed by atoms with Crippen molar-refractivity contribution in [1.82, 2.24) is 19.7 Å². The average Bonchev–Trinajstić information content (AvgIpc) is 3.42. The molecule has 4 rings (SSSR count). The molecule has 150 valence electrons. The molecule has 7 nitrogen and oxygen atoms in total. The Labute approximate surface area is 172 Å². The minimum Gasteiger partial charge on any atom is -0.411 e. The number of benzene rings is 1. The van der Waals surface area contributed by atoms with E-state index in [0.717, 1.165) is 40.0 Å². The standard InChI is InChI=1S/C21H22N4O3S/c1-13-10-16(14(2)25(13)8-9-27-3)19(26)12-29-21-24-23-20(28-21)17-11-22-18-7-5-4-6-15(17)18/h4-7,10-11,22H,8-9,12H2,1-3H3. The van der Waals surface area contributed by atoms with Crippen LogP contribution in [0.4, 0.5) is 0 Å². The van der Waals surface area contributed by atoms with Crippen LogP contribution in [-0.4, -0.2) is 45.0 Å². The summed E-state index contributed by atoms with van der Waals surface area (Å²) in [6.07, 6.45) is 1.85. The van der Waals surface area contributed by atoms with Crippen LogP contribution in [0.15, 0.2) is 46.2 Å². The normalized spacial score (nSPS) is 11.4. The zero-order valence-electron chi connectivity index (χ0n) is 16.6. The number of nitrogens with zero attached hydrogens (tertiary/aromatic N) is 3. The molecule has 0 unspecified atom stereocenters. The van der Waals surface area contributed by atoms with Crippen molar-refractivity contribution >= 4 is 28.4 Å². The zero-order chi connectivity index (χ0) is 20.4. The van der Waals surface area contributed by atoms with E-state index in [1.54, 1.807) is 7.11 Å². The van der Waals surface area contributed by atoms with Crippen molar-refractivity contribution in [3.8, 4) is 11.5 Å². The Balaban J connectivity index is 1.46. The number of rotatable bonds is 8. The van der Waals surface area contributed by atoms with Crippen LogP contribution in [0.5, 0.6) is 0 Å². The van der Waals surface area contributed by atoms with Gasteiger partial charge in [0, 0.05) is 47.7 Å². The zero-order valence-corrected chi connectivity index (χ0v) is 17.4. The van der Waals surface area contributed by atoms with Gasteiger partial charge in [0.25, 0.3) is 11.1 Å². The first kappa shape index (κ1) is 19.5. The van der Waals surface area contributed by atoms with Crippen LogP contribution in [0.2, 0.25) is 0 Å². The van der Waals surface area contributed by atoms with E-state index in [0.29, 0.717) is 17.7 Å². The first-order valence-electron chi connectivity index (χ1n) is 9.30. The lowest BCUT2D eigenvalue weighted by atomic mass is 10.2. The van der Waals surface area contributed by atoms with Crippen LogP contribution in [0.25, 0.3) is 22.4 Å². The van der Waals surface area contributed by atoms with Crippen molar-refractivity contribution < 1.29 is 13.9 Å². The molecule has 0 atom stereocenters. The van der Waals surface area contributed by atoms with Gasteiger partial charge in [-0.05, 0) is 26.0 Å². The van der Waals surface area contributed by atoms with E-state index < -0.39 is 0 Å². The third-order valence-electron chi connectivity index (χ3n) is 4.95. The maximum absolute atomic E-state index is 12.7. The van der Waals surface area contributed by atoms with Crippen LogP contribution in [-0.2, 0) is 11.3 Å². The summed E-state index contributed by atoms with van der Waals surface area (Å²) in [5, 5.41) is 9.63. The molecule has 4 aromatic rings. The van der Waals surface area contributed by atoms with Crippen molar-refractivity contribution in [3.63, 3.8) is 0 Å². The monoisotopic (exact) mass is 410 g/mol. The Morgan fingerprint density at radius 2 is 2.10 bits per heavy atom. The number of fused-ring (bicyclic) bond motifs is 1. The number of carbonyl (C=O) groups excluding carboxylic acids is 1. The van der Waals surface area contributed by atoms with E-state index in [1.165, 1.54) is 11.8 Å². The number of aromatic nitrogens is 4. The molecule has 0 aliphatic carbocycles. The second-order valence-electron chi connectivity index (χ2n) is 6.76. The summed E-state index contributed by atoms with van der Waals surface area (Å²) in [6.45, 7) is 5.30. The number of thioether (sulfide) groups is 1. The van der Waals surface area contributed by atoms with E-state index in [-0.39, 0.29) is 11.5 Å². The predicted molar refractivity (Wildman–Crippen MR) is 112 cm³/mol. The molecular weight excluding hydrogens is 388 g/mol. The molecule has 0 bridgehead atoms. The van der Waals surface area contributed by atoms with Gasteiger partial charge < -0.3 is 18.7 Å². The molecular formula is C21H22N4O3S. The third-order valence-corrected chi connectivity index (χ3v) is 5.76. The largest absolute Gasteiger partial charge is 0.411 e. The average molecular weight is 410 g/mol. The van der Waals surface area contributed by atoms with Crippen molar-refractivity contribution in [1.29, 1.82) is 0 Å². The number of para-hydroxylation sites is 1. The highest BCUT2D eigenvalue weighted by atomic mass is 32.2. The number of Topliss-reactive ketones (excluding diaryl/α,β-unsaturated/α-hetero) is 1. The van der Waals surface area contributed by atoms with E-state index in [9.17, 15) is 4.79 Å². The van der Waals surface area contributed by atoms with E-state index in [4.69, 9.17) is 9.15 Å². The SMILES string of the molecule is COCCn1c(C)cc(C(=O)CSc2nnc(-c3c[nH]c4ccccc34)o2)c1C. The molecule has 0 aliphatic rings. The Kier molecular flexibility index (Phi) is 5.55. The quantitative estimate of drug-likeness (QED) is 0.345. The van der Waals surface area contributed by atoms with Gasteiger partial charge >= 0.3 is 0 Å². The molecule has 0 saturated heterocycles. The number of H-pyrrole nitrogens is 1. The maximum Gasteiger partial charge on any atom is 0.277 e. The molecule has 29 heavy (non-hydrogen) atoms. The first-order chi connectivity index (χ1) is 14.1. The van der Waals surface area contributed by atoms with Gasteiger partial charge in [-0.2, -0.15) is 0 Å². The fraction of sp³-hybridized carbons (Fsp3) is 0.286. The second kappa shape index (κ2) is 8.26. The number of nitrogens with one attached hydrogen (secondary N) is 1. The van der Waals surface area contributed by atoms with Gasteiger partial charge in [0.2, 0.25) is 0 Å². The van der Waals surface area contributed by atoms with Gasteiger partial charge in [0.1, 0.15) is 0 Å². The first-order valence-corrected chi connectivity index (χ1v) is 10.3. The van der Waals surface area contributed by atoms with Crippen molar-refractivity contribution in [2.24, 2.45) is 0 Å². The van der Waals surface area contributed by atoms with Crippen LogP contribution in [0.3, 0.4) is 0 Å². The molecule has 0 radical (unpaired) electrons. The van der Waals surface area contributed by atoms with Crippen LogP contribution in [0.1, 0.15) is 21.7 Å². The van der Waals surface area contributed by atoms with Crippen LogP contribution in [0, 0.1) is 13.8 Å². The van der Waals surface area contributed by atoms with Gasteiger partial charge in [-0.25, -0.2) is 0 Å². The summed E-state index contributed by atoms with van der Waals surface area (Å²) in [6, 6.07) is 9.86. The van der Waals surface area contributed by atoms with Gasteiger partial charge in [0.05, 0.1) is 17.9 Å². The minimum absolute atomic E-state index is 0.0404. The maximum atomic E-state index is 12.7. The summed E-state index contributed by atoms with van der Waals surface area (Å²) in [5.74, 6) is 0.720. The van der Waals surface area contributed by atoms with E-state index >= 15 is 0 Å². The lowest BCUT2D eigenvalue weighted by Gasteiger charge is -2.08. The topological polar surface area (TPSA) is 85.9 Å². The van der Waals surface area contributed by atoms with Crippen molar-refractivity contribution in [2.75, 3.05) is 19.5 Å². The molecule has 3 aromatic heterocycles. The number of hydrogen-bond acceptors (Lipinski definition) is 6. The number of ketones is 1. The summed E-state index contributed by atoms with van der Waals surface area (Å²) in [7, 11) is 1.67. The highest BCUT2D eigenvalue weighted by Gasteiger charge is 2.18. The third kappa shape index (κ3) is 3.86. The fourth-order valence-electron chi connectivity index (χ4n) is 3.44. The molecule has 0 fully saturated rings. The van der Waals surface area contributed by atoms with Crippen molar-refractivity contribution in [3.05, 3.63) is 53.5 Å². The molecule has 1 N–H and O–H groups in total. The number of methoxy groups -OCH3 is 1. The number of carbonyl (C=O) groups is 1. The summed E-state index contributed by atoms with van der Waals surface area (Å²) in [4.78, 5) is 15.9. The summed E-state index contributed by atoms with van der Waals surface area (Å²) >= 11 is 1.25. The smallest absolute Gasteiger partial charge is 0.277 e. The lowest BCUT2D eigenvalue weighted by Crippen LogP contribution is -2.09. The second-order valence-corrected chi connectivity index (χ2v) is 7.69. The van der Waals surface area contributed by atoms with Gasteiger partial charge in [-0.3, -0.25) is 4.79 Å². The van der Waals surface area contributed by atoms with Gasteiger partial charge in [-0.15, -0.1) is 10.2 Å². The Hall–Kier alpha value is -2.84. The fourth-order valence-corrected chi connectivity index (χ4v) is 4.09. The Morgan fingerprint density at radius 1 is 1.28 bits per heavy atom. The number of aryl methyl sites for hydroxylation is 1. The molecule has 1 aromatic carbocycles. The van der Waals surface area contributed by atoms with Gasteiger partial charge in [0.15, 0.2) is 5.78 Å². The van der Waals surface area contributed by atoms with E-state index in [2.05, 4.69) is 19.7 Å². The van der Waals surface area contributed by atoms with E-state index in [1.807, 2.05) is 50.4 Å². The molecule has 8 heteroatoms. The van der Waals surface area contributed by atoms with Crippen LogP contribution >= 0.6 is 11.8 Å². The van der Waals surface area contributed by atoms with Gasteiger partial charge in [-0.1, -0.05) is 30.0 Å². The molecule has 0 saturated carbocycles. The molecule has 0 aliphatic heterocycles. The summed E-state index contributed by atoms with van der Waals surface area (Å²) in [5.41, 5.74) is 4.59. The Bertz CT molecular complexity index is 1160.